The van der Waals surface area contributed by atoms with Crippen molar-refractivity contribution in [3.05, 3.63) is 65.2 Å². The number of rotatable bonds is 7. The predicted molar refractivity (Wildman–Crippen MR) is 119 cm³/mol. The van der Waals surface area contributed by atoms with Crippen LogP contribution >= 0.6 is 0 Å². The quantitative estimate of drug-likeness (QED) is 0.708. The minimum absolute atomic E-state index is 0.0798. The molecule has 0 unspecified atom stereocenters. The maximum Gasteiger partial charge on any atom is 0.243 e. The van der Waals surface area contributed by atoms with E-state index in [0.717, 1.165) is 16.7 Å². The fraction of sp³-hybridized carbons (Fsp3) is 0.391. The highest BCUT2D eigenvalue weighted by atomic mass is 32.2. The number of benzene rings is 2. The molecule has 166 valence electrons. The van der Waals surface area contributed by atoms with Gasteiger partial charge in [0.05, 0.1) is 11.3 Å². The van der Waals surface area contributed by atoms with Crippen molar-refractivity contribution in [2.24, 2.45) is 0 Å². The molecule has 2 aromatic rings. The number of nitrogens with zero attached hydrogens (tertiary/aromatic N) is 2. The van der Waals surface area contributed by atoms with Gasteiger partial charge in [0.25, 0.3) is 0 Å². The van der Waals surface area contributed by atoms with Crippen LogP contribution < -0.4 is 5.32 Å². The lowest BCUT2D eigenvalue weighted by molar-refractivity contribution is -0.132. The maximum atomic E-state index is 13.0. The Kier molecular flexibility index (Phi) is 7.46. The molecule has 1 saturated heterocycles. The van der Waals surface area contributed by atoms with Crippen molar-refractivity contribution in [1.29, 1.82) is 0 Å². The van der Waals surface area contributed by atoms with Crippen molar-refractivity contribution in [1.82, 2.24) is 14.5 Å². The Labute approximate surface area is 184 Å². The maximum absolute atomic E-state index is 13.0. The first kappa shape index (κ1) is 23.0. The third-order valence-electron chi connectivity index (χ3n) is 5.42. The van der Waals surface area contributed by atoms with E-state index in [-0.39, 0.29) is 44.3 Å². The highest BCUT2D eigenvalue weighted by Gasteiger charge is 2.31. The summed E-state index contributed by atoms with van der Waals surface area (Å²) in [7, 11) is -3.58. The molecule has 3 rings (SSSR count). The first-order valence-electron chi connectivity index (χ1n) is 10.4. The van der Waals surface area contributed by atoms with Gasteiger partial charge in [0.15, 0.2) is 0 Å². The Morgan fingerprint density at radius 3 is 2.32 bits per heavy atom. The third kappa shape index (κ3) is 5.92. The summed E-state index contributed by atoms with van der Waals surface area (Å²) < 4.78 is 27.5. The number of sulfonamides is 1. The third-order valence-corrected chi connectivity index (χ3v) is 7.46. The number of nitrogens with one attached hydrogen (secondary N) is 1. The van der Waals surface area contributed by atoms with Crippen molar-refractivity contribution < 1.29 is 18.0 Å². The van der Waals surface area contributed by atoms with Gasteiger partial charge < -0.3 is 10.2 Å². The molecule has 1 N–H and O–H groups in total. The molecule has 1 heterocycles. The number of hydrogen-bond donors (Lipinski definition) is 1. The largest absolute Gasteiger partial charge is 0.355 e. The van der Waals surface area contributed by atoms with Crippen LogP contribution in [0.4, 0.5) is 0 Å². The first-order valence-corrected chi connectivity index (χ1v) is 11.9. The fourth-order valence-corrected chi connectivity index (χ4v) is 5.34. The molecule has 0 saturated carbocycles. The number of aryl methyl sites for hydroxylation is 2. The Balaban J connectivity index is 1.46. The second-order valence-electron chi connectivity index (χ2n) is 7.82. The van der Waals surface area contributed by atoms with Crippen molar-refractivity contribution >= 4 is 21.8 Å². The molecular weight excluding hydrogens is 414 g/mol. The smallest absolute Gasteiger partial charge is 0.243 e. The normalized spacial score (nSPS) is 15.0. The lowest BCUT2D eigenvalue weighted by Gasteiger charge is -2.34. The Bertz CT molecular complexity index is 1030. The van der Waals surface area contributed by atoms with Gasteiger partial charge in [0, 0.05) is 39.1 Å². The number of piperazine rings is 1. The summed E-state index contributed by atoms with van der Waals surface area (Å²) in [6, 6.07) is 14.8. The minimum Gasteiger partial charge on any atom is -0.355 e. The molecule has 1 aliphatic heterocycles. The second-order valence-corrected chi connectivity index (χ2v) is 9.72. The Morgan fingerprint density at radius 2 is 1.65 bits per heavy atom. The predicted octanol–water partition coefficient (Wildman–Crippen LogP) is 1.89. The summed E-state index contributed by atoms with van der Waals surface area (Å²) in [5.41, 5.74) is 2.54. The Morgan fingerprint density at radius 1 is 0.968 bits per heavy atom. The van der Waals surface area contributed by atoms with E-state index in [2.05, 4.69) is 5.32 Å². The number of amides is 2. The van der Waals surface area contributed by atoms with E-state index in [9.17, 15) is 18.0 Å². The van der Waals surface area contributed by atoms with Crippen molar-refractivity contribution in [2.75, 3.05) is 32.7 Å². The molecule has 31 heavy (non-hydrogen) atoms. The molecule has 0 aliphatic carbocycles. The van der Waals surface area contributed by atoms with E-state index in [1.54, 1.807) is 17.9 Å². The van der Waals surface area contributed by atoms with Crippen LogP contribution in [0.15, 0.2) is 53.4 Å². The van der Waals surface area contributed by atoms with Gasteiger partial charge in [-0.3, -0.25) is 9.59 Å². The van der Waals surface area contributed by atoms with E-state index in [4.69, 9.17) is 0 Å². The molecule has 0 spiro atoms. The summed E-state index contributed by atoms with van der Waals surface area (Å²) in [6.07, 6.45) is 0.480. The van der Waals surface area contributed by atoms with Crippen LogP contribution in [-0.4, -0.2) is 62.2 Å². The summed E-state index contributed by atoms with van der Waals surface area (Å²) in [5, 5.41) is 2.77. The molecule has 2 aromatic carbocycles. The number of carbonyl (C=O) groups excluding carboxylic acids is 2. The zero-order valence-corrected chi connectivity index (χ0v) is 18.8. The summed E-state index contributed by atoms with van der Waals surface area (Å²) in [4.78, 5) is 26.5. The van der Waals surface area contributed by atoms with E-state index in [1.165, 1.54) is 4.31 Å². The molecule has 1 fully saturated rings. The highest BCUT2D eigenvalue weighted by molar-refractivity contribution is 7.89. The molecule has 2 amide bonds. The van der Waals surface area contributed by atoms with Crippen LogP contribution in [0.5, 0.6) is 0 Å². The molecular formula is C23H29N3O4S. The standard InChI is InChI=1S/C23H29N3O4S/c1-18-8-9-19(2)21(16-18)31(29,30)26-14-12-25(13-15-26)23(28)10-11-24-22(27)17-20-6-4-3-5-7-20/h3-9,16H,10-15,17H2,1-2H3,(H,24,27). The van der Waals surface area contributed by atoms with Gasteiger partial charge in [-0.25, -0.2) is 8.42 Å². The van der Waals surface area contributed by atoms with E-state index in [1.807, 2.05) is 49.4 Å². The number of hydrogen-bond acceptors (Lipinski definition) is 4. The van der Waals surface area contributed by atoms with Gasteiger partial charge in [0.2, 0.25) is 21.8 Å². The van der Waals surface area contributed by atoms with Gasteiger partial charge in [-0.1, -0.05) is 42.5 Å². The molecule has 0 atom stereocenters. The van der Waals surface area contributed by atoms with Crippen LogP contribution in [0, 0.1) is 13.8 Å². The monoisotopic (exact) mass is 443 g/mol. The zero-order chi connectivity index (χ0) is 22.4. The average Bonchev–Trinajstić information content (AvgIpc) is 2.76. The van der Waals surface area contributed by atoms with E-state index < -0.39 is 10.0 Å². The first-order chi connectivity index (χ1) is 14.8. The average molecular weight is 444 g/mol. The second kappa shape index (κ2) is 10.1. The Hall–Kier alpha value is -2.71. The minimum atomic E-state index is -3.58. The topological polar surface area (TPSA) is 86.8 Å². The molecule has 1 aliphatic rings. The van der Waals surface area contributed by atoms with Crippen LogP contribution in [0.25, 0.3) is 0 Å². The van der Waals surface area contributed by atoms with Crippen LogP contribution in [0.1, 0.15) is 23.1 Å². The summed E-state index contributed by atoms with van der Waals surface area (Å²) >= 11 is 0. The lowest BCUT2D eigenvalue weighted by Crippen LogP contribution is -2.51. The van der Waals surface area contributed by atoms with Crippen LogP contribution in [-0.2, 0) is 26.0 Å². The lowest BCUT2D eigenvalue weighted by atomic mass is 10.1. The summed E-state index contributed by atoms with van der Waals surface area (Å²) in [6.45, 7) is 5.16. The van der Waals surface area contributed by atoms with Gasteiger partial charge in [0.1, 0.15) is 0 Å². The van der Waals surface area contributed by atoms with Gasteiger partial charge in [-0.05, 0) is 36.6 Å². The van der Waals surface area contributed by atoms with Crippen molar-refractivity contribution in [2.45, 2.75) is 31.6 Å². The van der Waals surface area contributed by atoms with Crippen molar-refractivity contribution in [3.63, 3.8) is 0 Å². The van der Waals surface area contributed by atoms with Crippen LogP contribution in [0.3, 0.4) is 0 Å². The fourth-order valence-electron chi connectivity index (χ4n) is 3.61. The van der Waals surface area contributed by atoms with Crippen LogP contribution in [0.2, 0.25) is 0 Å². The summed E-state index contributed by atoms with van der Waals surface area (Å²) in [5.74, 6) is -0.202. The van der Waals surface area contributed by atoms with Crippen molar-refractivity contribution in [3.8, 4) is 0 Å². The SMILES string of the molecule is Cc1ccc(C)c(S(=O)(=O)N2CCN(C(=O)CCNC(=O)Cc3ccccc3)CC2)c1. The van der Waals surface area contributed by atoms with E-state index in [0.29, 0.717) is 18.0 Å². The van der Waals surface area contributed by atoms with Gasteiger partial charge in [-0.15, -0.1) is 0 Å². The molecule has 0 aromatic heterocycles. The van der Waals surface area contributed by atoms with Gasteiger partial charge >= 0.3 is 0 Å². The molecule has 7 nitrogen and oxygen atoms in total. The zero-order valence-electron chi connectivity index (χ0n) is 18.0. The van der Waals surface area contributed by atoms with Gasteiger partial charge in [-0.2, -0.15) is 4.31 Å². The molecule has 0 radical (unpaired) electrons. The molecule has 8 heteroatoms. The molecule has 0 bridgehead atoms. The van der Waals surface area contributed by atoms with E-state index >= 15 is 0 Å². The number of carbonyl (C=O) groups is 2. The highest BCUT2D eigenvalue weighted by Crippen LogP contribution is 2.22.